The predicted octanol–water partition coefficient (Wildman–Crippen LogP) is 7.85. The van der Waals surface area contributed by atoms with Gasteiger partial charge in [-0.25, -0.2) is 4.39 Å². The molecule has 0 aliphatic carbocycles. The van der Waals surface area contributed by atoms with E-state index in [9.17, 15) is 14.0 Å². The molecular weight excluding hydrogens is 623 g/mol. The molecule has 3 atom stereocenters. The molecule has 1 unspecified atom stereocenters. The Morgan fingerprint density at radius 1 is 0.918 bits per heavy atom. The summed E-state index contributed by atoms with van der Waals surface area (Å²) in [6.07, 6.45) is 0.0560. The van der Waals surface area contributed by atoms with E-state index in [0.29, 0.717) is 35.4 Å². The largest absolute Gasteiger partial charge is 0.460 e. The Hall–Kier alpha value is -4.34. The Labute approximate surface area is 288 Å². The van der Waals surface area contributed by atoms with E-state index in [2.05, 4.69) is 5.32 Å². The number of nitrogens with one attached hydrogen (secondary N) is 1. The standard InChI is InChI=1S/C40H47FN2O6/c1-26(2)40(36(45)42-30-16-12-9-13-17-30)34(27-14-10-8-11-15-27)35(28-18-20-29(41)21-19-28)43(37(40)46)23-22-31-24-32(48-39(6,7)47-31)25-33(44)49-38(3,4)5/h8-21,26,31-32H,22-25H2,1-7H3,(H,42,45)/t31-,32-,40?/m1/s1. The molecule has 0 saturated carbocycles. The number of rotatable bonds is 10. The quantitative estimate of drug-likeness (QED) is 0.175. The molecule has 3 aromatic carbocycles. The smallest absolute Gasteiger partial charge is 0.308 e. The molecule has 3 aromatic rings. The third-order valence-corrected chi connectivity index (χ3v) is 8.84. The van der Waals surface area contributed by atoms with Gasteiger partial charge >= 0.3 is 5.97 Å². The molecule has 1 saturated heterocycles. The second-order valence-electron chi connectivity index (χ2n) is 14.5. The highest BCUT2D eigenvalue weighted by atomic mass is 19.1. The topological polar surface area (TPSA) is 94.2 Å². The lowest BCUT2D eigenvalue weighted by atomic mass is 9.68. The van der Waals surface area contributed by atoms with Crippen LogP contribution in [0.1, 0.15) is 78.9 Å². The highest BCUT2D eigenvalue weighted by molar-refractivity contribution is 6.28. The molecule has 49 heavy (non-hydrogen) atoms. The summed E-state index contributed by atoms with van der Waals surface area (Å²) < 4.78 is 32.3. The molecular formula is C40H47FN2O6. The van der Waals surface area contributed by atoms with Crippen molar-refractivity contribution < 1.29 is 33.0 Å². The molecule has 260 valence electrons. The van der Waals surface area contributed by atoms with Gasteiger partial charge in [0.2, 0.25) is 11.8 Å². The second-order valence-corrected chi connectivity index (χ2v) is 14.5. The summed E-state index contributed by atoms with van der Waals surface area (Å²) in [7, 11) is 0. The molecule has 1 N–H and O–H groups in total. The lowest BCUT2D eigenvalue weighted by molar-refractivity contribution is -0.300. The number of carbonyl (C=O) groups excluding carboxylic acids is 3. The van der Waals surface area contributed by atoms with Crippen molar-refractivity contribution in [3.05, 3.63) is 102 Å². The van der Waals surface area contributed by atoms with Crippen LogP contribution in [0.4, 0.5) is 10.1 Å². The molecule has 2 amide bonds. The van der Waals surface area contributed by atoms with E-state index < -0.39 is 40.5 Å². The molecule has 0 spiro atoms. The van der Waals surface area contributed by atoms with Crippen molar-refractivity contribution in [3.63, 3.8) is 0 Å². The zero-order valence-corrected chi connectivity index (χ0v) is 29.4. The van der Waals surface area contributed by atoms with Crippen LogP contribution in [0.15, 0.2) is 84.9 Å². The molecule has 2 aliphatic heterocycles. The summed E-state index contributed by atoms with van der Waals surface area (Å²) in [6, 6.07) is 24.5. The van der Waals surface area contributed by atoms with Crippen LogP contribution in [0.5, 0.6) is 0 Å². The van der Waals surface area contributed by atoms with E-state index >= 15 is 4.79 Å². The van der Waals surface area contributed by atoms with E-state index in [1.54, 1.807) is 43.0 Å². The van der Waals surface area contributed by atoms with Gasteiger partial charge in [-0.1, -0.05) is 62.4 Å². The number of para-hydroxylation sites is 1. The van der Waals surface area contributed by atoms with Gasteiger partial charge in [-0.15, -0.1) is 0 Å². The third kappa shape index (κ3) is 7.94. The lowest BCUT2D eigenvalue weighted by Gasteiger charge is -2.41. The van der Waals surface area contributed by atoms with Crippen molar-refractivity contribution in [2.75, 3.05) is 11.9 Å². The van der Waals surface area contributed by atoms with Gasteiger partial charge in [0.1, 0.15) is 11.4 Å². The summed E-state index contributed by atoms with van der Waals surface area (Å²) in [5.41, 5.74) is 0.769. The summed E-state index contributed by atoms with van der Waals surface area (Å²) in [5, 5.41) is 3.03. The number of benzene rings is 3. The molecule has 5 rings (SSSR count). The molecule has 2 aliphatic rings. The van der Waals surface area contributed by atoms with Crippen LogP contribution in [0, 0.1) is 17.2 Å². The van der Waals surface area contributed by atoms with Gasteiger partial charge in [-0.3, -0.25) is 14.4 Å². The van der Waals surface area contributed by atoms with Crippen molar-refractivity contribution in [2.24, 2.45) is 11.3 Å². The molecule has 9 heteroatoms. The average molecular weight is 671 g/mol. The van der Waals surface area contributed by atoms with Crippen LogP contribution >= 0.6 is 0 Å². The SMILES string of the molecule is CC(C)C1(C(=O)Nc2ccccc2)C(=O)N(CC[C@@H]2C[C@H](CC(=O)OC(C)(C)C)OC(C)(C)O2)C(c2ccc(F)cc2)=C1c1ccccc1. The first-order valence-corrected chi connectivity index (χ1v) is 16.9. The lowest BCUT2D eigenvalue weighted by Crippen LogP contribution is -2.50. The van der Waals surface area contributed by atoms with E-state index in [-0.39, 0.29) is 30.9 Å². The molecule has 0 aromatic heterocycles. The van der Waals surface area contributed by atoms with Crippen LogP contribution in [0.3, 0.4) is 0 Å². The van der Waals surface area contributed by atoms with Gasteiger partial charge in [-0.2, -0.15) is 0 Å². The number of esters is 1. The second kappa shape index (κ2) is 14.3. The van der Waals surface area contributed by atoms with Gasteiger partial charge in [0, 0.05) is 24.2 Å². The van der Waals surface area contributed by atoms with Gasteiger partial charge < -0.3 is 24.4 Å². The number of nitrogens with zero attached hydrogens (tertiary/aromatic N) is 1. The first kappa shape index (κ1) is 36.0. The zero-order chi connectivity index (χ0) is 35.6. The van der Waals surface area contributed by atoms with Crippen molar-refractivity contribution in [3.8, 4) is 0 Å². The predicted molar refractivity (Wildman–Crippen MR) is 187 cm³/mol. The number of ether oxygens (including phenoxy) is 3. The minimum absolute atomic E-state index is 0.0677. The van der Waals surface area contributed by atoms with Crippen LogP contribution in [0.25, 0.3) is 11.3 Å². The zero-order valence-electron chi connectivity index (χ0n) is 29.4. The molecule has 2 heterocycles. The number of anilines is 1. The summed E-state index contributed by atoms with van der Waals surface area (Å²) in [6.45, 7) is 13.0. The Kier molecular flexibility index (Phi) is 10.5. The Morgan fingerprint density at radius 3 is 2.10 bits per heavy atom. The van der Waals surface area contributed by atoms with E-state index in [4.69, 9.17) is 14.2 Å². The minimum atomic E-state index is -1.62. The fourth-order valence-electron chi connectivity index (χ4n) is 6.96. The van der Waals surface area contributed by atoms with E-state index in [0.717, 1.165) is 5.56 Å². The average Bonchev–Trinajstić information content (AvgIpc) is 3.28. The highest BCUT2D eigenvalue weighted by Gasteiger charge is 2.60. The summed E-state index contributed by atoms with van der Waals surface area (Å²) in [5.74, 6) is -3.02. The van der Waals surface area contributed by atoms with Crippen LogP contribution < -0.4 is 5.32 Å². The molecule has 0 bridgehead atoms. The summed E-state index contributed by atoms with van der Waals surface area (Å²) >= 11 is 0. The summed E-state index contributed by atoms with van der Waals surface area (Å²) in [4.78, 5) is 44.1. The van der Waals surface area contributed by atoms with E-state index in [1.165, 1.54) is 12.1 Å². The molecule has 8 nitrogen and oxygen atoms in total. The third-order valence-electron chi connectivity index (χ3n) is 8.84. The van der Waals surface area contributed by atoms with Gasteiger partial charge in [0.25, 0.3) is 0 Å². The fraction of sp³-hybridized carbons (Fsp3) is 0.425. The Bertz CT molecular complexity index is 1680. The van der Waals surface area contributed by atoms with Gasteiger partial charge in [0.15, 0.2) is 11.2 Å². The fourth-order valence-corrected chi connectivity index (χ4v) is 6.96. The molecule has 0 radical (unpaired) electrons. The Balaban J connectivity index is 1.56. The van der Waals surface area contributed by atoms with Crippen molar-refractivity contribution in [1.82, 2.24) is 4.90 Å². The van der Waals surface area contributed by atoms with Crippen molar-refractivity contribution in [2.45, 2.75) is 91.3 Å². The van der Waals surface area contributed by atoms with Gasteiger partial charge in [-0.05, 0) is 94.5 Å². The maximum absolute atomic E-state index is 15.1. The van der Waals surface area contributed by atoms with Crippen LogP contribution in [-0.4, -0.2) is 52.8 Å². The minimum Gasteiger partial charge on any atom is -0.460 e. The first-order valence-electron chi connectivity index (χ1n) is 16.9. The number of amides is 2. The van der Waals surface area contributed by atoms with Crippen molar-refractivity contribution in [1.29, 1.82) is 0 Å². The highest BCUT2D eigenvalue weighted by Crippen LogP contribution is 2.54. The number of carbonyl (C=O) groups is 3. The van der Waals surface area contributed by atoms with Crippen molar-refractivity contribution >= 4 is 34.7 Å². The maximum Gasteiger partial charge on any atom is 0.308 e. The van der Waals surface area contributed by atoms with E-state index in [1.807, 2.05) is 83.1 Å². The molecule has 1 fully saturated rings. The van der Waals surface area contributed by atoms with Gasteiger partial charge in [0.05, 0.1) is 24.3 Å². The number of halogens is 1. The van der Waals surface area contributed by atoms with Crippen LogP contribution in [-0.2, 0) is 28.6 Å². The normalized spacial score (nSPS) is 22.4. The number of hydrogen-bond acceptors (Lipinski definition) is 6. The van der Waals surface area contributed by atoms with Crippen LogP contribution in [0.2, 0.25) is 0 Å². The Morgan fingerprint density at radius 2 is 1.51 bits per heavy atom. The number of hydrogen-bond donors (Lipinski definition) is 1. The monoisotopic (exact) mass is 670 g/mol. The first-order chi connectivity index (χ1) is 23.1. The maximum atomic E-state index is 15.1.